The van der Waals surface area contributed by atoms with Gasteiger partial charge in [0.05, 0.1) is 0 Å². The summed E-state index contributed by atoms with van der Waals surface area (Å²) in [5, 5.41) is 4.28. The predicted molar refractivity (Wildman–Crippen MR) is 133 cm³/mol. The number of benzene rings is 5. The lowest BCUT2D eigenvalue weighted by Gasteiger charge is -2.05. The smallest absolute Gasteiger partial charge is 0.185 e. The van der Waals surface area contributed by atoms with Crippen molar-refractivity contribution in [2.45, 2.75) is 0 Å². The van der Waals surface area contributed by atoms with E-state index in [1.54, 1.807) is 6.08 Å². The lowest BCUT2D eigenvalue weighted by Crippen LogP contribution is -1.92. The molecule has 2 nitrogen and oxygen atoms in total. The van der Waals surface area contributed by atoms with E-state index >= 15 is 0 Å². The molecular weight excluding hydrogens is 392 g/mol. The van der Waals surface area contributed by atoms with Crippen LogP contribution in [0.4, 0.5) is 0 Å². The Morgan fingerprint density at radius 1 is 0.594 bits per heavy atom. The highest BCUT2D eigenvalue weighted by atomic mass is 16.1. The number of carbonyl (C=O) groups excluding carboxylic acids is 2. The molecule has 0 aliphatic heterocycles. The molecule has 32 heavy (non-hydrogen) atoms. The van der Waals surface area contributed by atoms with Crippen LogP contribution in [-0.4, -0.2) is 12.1 Å². The Kier molecular flexibility index (Phi) is 6.64. The average Bonchev–Trinajstić information content (AvgIpc) is 2.87. The van der Waals surface area contributed by atoms with Gasteiger partial charge >= 0.3 is 0 Å². The quantitative estimate of drug-likeness (QED) is 0.133. The van der Waals surface area contributed by atoms with Crippen molar-refractivity contribution < 1.29 is 9.59 Å². The standard InChI is InChI=1S/C15H10O.C15H12O/c16-10-15-13-7-3-1-5-11(13)9-12-6-2-4-8-14(12)15;16-15(14-9-5-2-6-10-14)12-11-13-7-3-1-4-8-13/h1-10H;1-12H. The fourth-order valence-corrected chi connectivity index (χ4v) is 3.61. The molecule has 0 aliphatic carbocycles. The maximum absolute atomic E-state index is 11.7. The van der Waals surface area contributed by atoms with Crippen LogP contribution in [0.3, 0.4) is 0 Å². The van der Waals surface area contributed by atoms with E-state index in [4.69, 9.17) is 0 Å². The summed E-state index contributed by atoms with van der Waals surface area (Å²) < 4.78 is 0. The first kappa shape index (κ1) is 21.0. The molecule has 0 spiro atoms. The number of allylic oxidation sites excluding steroid dienone is 1. The van der Waals surface area contributed by atoms with E-state index < -0.39 is 0 Å². The van der Waals surface area contributed by atoms with Crippen molar-refractivity contribution in [2.75, 3.05) is 0 Å². The van der Waals surface area contributed by atoms with Gasteiger partial charge in [-0.3, -0.25) is 9.59 Å². The van der Waals surface area contributed by atoms with Gasteiger partial charge in [-0.05, 0) is 39.3 Å². The number of fused-ring (bicyclic) bond motifs is 2. The molecule has 5 aromatic carbocycles. The maximum Gasteiger partial charge on any atom is 0.185 e. The molecule has 0 heterocycles. The van der Waals surface area contributed by atoms with Crippen LogP contribution in [0.5, 0.6) is 0 Å². The van der Waals surface area contributed by atoms with Crippen molar-refractivity contribution in [2.24, 2.45) is 0 Å². The Morgan fingerprint density at radius 3 is 1.66 bits per heavy atom. The van der Waals surface area contributed by atoms with Gasteiger partial charge in [0.1, 0.15) is 0 Å². The van der Waals surface area contributed by atoms with Crippen molar-refractivity contribution >= 4 is 39.7 Å². The molecule has 0 aliphatic rings. The summed E-state index contributed by atoms with van der Waals surface area (Å²) in [5.41, 5.74) is 2.54. The topological polar surface area (TPSA) is 34.1 Å². The van der Waals surface area contributed by atoms with Crippen LogP contribution in [-0.2, 0) is 0 Å². The van der Waals surface area contributed by atoms with Crippen LogP contribution in [0.1, 0.15) is 26.3 Å². The van der Waals surface area contributed by atoms with Gasteiger partial charge in [-0.25, -0.2) is 0 Å². The Bertz CT molecular complexity index is 1330. The Labute approximate surface area is 187 Å². The fourth-order valence-electron chi connectivity index (χ4n) is 3.61. The SMILES string of the molecule is O=C(C=Cc1ccccc1)c1ccccc1.O=Cc1c2ccccc2cc2ccccc12. The highest BCUT2D eigenvalue weighted by molar-refractivity contribution is 6.12. The molecule has 0 N–H and O–H groups in total. The molecule has 0 saturated heterocycles. The van der Waals surface area contributed by atoms with E-state index in [1.807, 2.05) is 115 Å². The van der Waals surface area contributed by atoms with E-state index in [2.05, 4.69) is 6.07 Å². The van der Waals surface area contributed by atoms with Crippen molar-refractivity contribution in [3.05, 3.63) is 138 Å². The summed E-state index contributed by atoms with van der Waals surface area (Å²) in [6, 6.07) is 37.1. The van der Waals surface area contributed by atoms with Crippen LogP contribution >= 0.6 is 0 Å². The monoisotopic (exact) mass is 414 g/mol. The third-order valence-electron chi connectivity index (χ3n) is 5.22. The van der Waals surface area contributed by atoms with Gasteiger partial charge in [-0.2, -0.15) is 0 Å². The third kappa shape index (κ3) is 4.88. The normalized spacial score (nSPS) is 10.6. The molecule has 0 fully saturated rings. The minimum Gasteiger partial charge on any atom is -0.298 e. The van der Waals surface area contributed by atoms with Gasteiger partial charge in [0.2, 0.25) is 0 Å². The van der Waals surface area contributed by atoms with E-state index in [-0.39, 0.29) is 5.78 Å². The number of rotatable bonds is 4. The Balaban J connectivity index is 0.000000153. The van der Waals surface area contributed by atoms with Gasteiger partial charge < -0.3 is 0 Å². The van der Waals surface area contributed by atoms with Gasteiger partial charge in [-0.15, -0.1) is 0 Å². The number of ketones is 1. The predicted octanol–water partition coefficient (Wildman–Crippen LogP) is 7.39. The Hall–Kier alpha value is -4.30. The zero-order valence-electron chi connectivity index (χ0n) is 17.5. The summed E-state index contributed by atoms with van der Waals surface area (Å²) in [4.78, 5) is 23.0. The van der Waals surface area contributed by atoms with Crippen LogP contribution in [0.25, 0.3) is 27.6 Å². The highest BCUT2D eigenvalue weighted by Crippen LogP contribution is 2.26. The molecule has 0 aromatic heterocycles. The van der Waals surface area contributed by atoms with Crippen LogP contribution < -0.4 is 0 Å². The van der Waals surface area contributed by atoms with E-state index in [1.165, 1.54) is 0 Å². The van der Waals surface area contributed by atoms with Gasteiger partial charge in [0.15, 0.2) is 12.1 Å². The molecule has 2 heteroatoms. The van der Waals surface area contributed by atoms with Crippen molar-refractivity contribution in [3.8, 4) is 0 Å². The first-order valence-electron chi connectivity index (χ1n) is 10.4. The number of carbonyl (C=O) groups is 2. The van der Waals surface area contributed by atoms with Crippen LogP contribution in [0.2, 0.25) is 0 Å². The number of hydrogen-bond acceptors (Lipinski definition) is 2. The van der Waals surface area contributed by atoms with E-state index in [0.717, 1.165) is 44.5 Å². The molecular formula is C30H22O2. The van der Waals surface area contributed by atoms with Crippen molar-refractivity contribution in [1.29, 1.82) is 0 Å². The molecule has 0 bridgehead atoms. The van der Waals surface area contributed by atoms with Crippen molar-refractivity contribution in [1.82, 2.24) is 0 Å². The number of hydrogen-bond donors (Lipinski definition) is 0. The van der Waals surface area contributed by atoms with Gasteiger partial charge in [0.25, 0.3) is 0 Å². The van der Waals surface area contributed by atoms with E-state index in [0.29, 0.717) is 0 Å². The molecule has 0 unspecified atom stereocenters. The molecule has 154 valence electrons. The highest BCUT2D eigenvalue weighted by Gasteiger charge is 2.05. The molecule has 0 saturated carbocycles. The van der Waals surface area contributed by atoms with Crippen LogP contribution in [0.15, 0.2) is 121 Å². The second kappa shape index (κ2) is 10.1. The third-order valence-corrected chi connectivity index (χ3v) is 5.22. The fraction of sp³-hybridized carbons (Fsp3) is 0. The summed E-state index contributed by atoms with van der Waals surface area (Å²) in [6.07, 6.45) is 4.38. The molecule has 5 aromatic rings. The lowest BCUT2D eigenvalue weighted by molar-refractivity contribution is 0.104. The minimum atomic E-state index is 0.0319. The molecule has 0 radical (unpaired) electrons. The summed E-state index contributed by atoms with van der Waals surface area (Å²) in [7, 11) is 0. The second-order valence-corrected chi connectivity index (χ2v) is 7.32. The molecule has 5 rings (SSSR count). The molecule has 0 atom stereocenters. The summed E-state index contributed by atoms with van der Waals surface area (Å²) in [5.74, 6) is 0.0319. The first-order chi connectivity index (χ1) is 15.8. The van der Waals surface area contributed by atoms with Gasteiger partial charge in [0, 0.05) is 11.1 Å². The summed E-state index contributed by atoms with van der Waals surface area (Å²) in [6.45, 7) is 0. The number of aldehydes is 1. The van der Waals surface area contributed by atoms with Crippen LogP contribution in [0, 0.1) is 0 Å². The zero-order valence-corrected chi connectivity index (χ0v) is 17.5. The maximum atomic E-state index is 11.7. The first-order valence-corrected chi connectivity index (χ1v) is 10.4. The summed E-state index contributed by atoms with van der Waals surface area (Å²) >= 11 is 0. The largest absolute Gasteiger partial charge is 0.298 e. The minimum absolute atomic E-state index is 0.0319. The molecule has 0 amide bonds. The van der Waals surface area contributed by atoms with E-state index in [9.17, 15) is 9.59 Å². The Morgan fingerprint density at radius 2 is 1.09 bits per heavy atom. The second-order valence-electron chi connectivity index (χ2n) is 7.32. The van der Waals surface area contributed by atoms with Crippen molar-refractivity contribution in [3.63, 3.8) is 0 Å². The zero-order chi connectivity index (χ0) is 22.2. The van der Waals surface area contributed by atoms with Gasteiger partial charge in [-0.1, -0.05) is 115 Å². The average molecular weight is 415 g/mol. The lowest BCUT2D eigenvalue weighted by atomic mass is 9.98.